The molecule has 0 bridgehead atoms. The Morgan fingerprint density at radius 1 is 0.944 bits per heavy atom. The number of likely N-dealkylation sites (N-methyl/N-ethyl adjacent to an activating group) is 1. The van der Waals surface area contributed by atoms with Gasteiger partial charge in [-0.3, -0.25) is 4.79 Å². The molecule has 0 aliphatic rings. The molecule has 0 radical (unpaired) electrons. The van der Waals surface area contributed by atoms with Gasteiger partial charge in [-0.05, 0) is 38.4 Å². The maximum absolute atomic E-state index is 13.4. The number of para-hydroxylation sites is 1. The second-order valence-electron chi connectivity index (χ2n) is 8.40. The van der Waals surface area contributed by atoms with Crippen LogP contribution in [0.15, 0.2) is 79.0 Å². The lowest BCUT2D eigenvalue weighted by Crippen LogP contribution is -2.22. The Morgan fingerprint density at radius 2 is 1.75 bits per heavy atom. The molecule has 0 spiro atoms. The highest BCUT2D eigenvalue weighted by molar-refractivity contribution is 7.21. The highest BCUT2D eigenvalue weighted by Gasteiger charge is 2.17. The van der Waals surface area contributed by atoms with E-state index in [1.807, 2.05) is 80.8 Å². The number of carbonyl (C=O) groups excluding carboxylic acids is 1. The van der Waals surface area contributed by atoms with E-state index in [2.05, 4.69) is 30.5 Å². The van der Waals surface area contributed by atoms with Crippen LogP contribution in [0.2, 0.25) is 0 Å². The summed E-state index contributed by atoms with van der Waals surface area (Å²) in [5.41, 5.74) is 3.43. The zero-order valence-electron chi connectivity index (χ0n) is 20.0. The van der Waals surface area contributed by atoms with Gasteiger partial charge in [0, 0.05) is 36.5 Å². The summed E-state index contributed by atoms with van der Waals surface area (Å²) in [7, 11) is 4.02. The van der Waals surface area contributed by atoms with Crippen LogP contribution in [0.1, 0.15) is 10.5 Å². The van der Waals surface area contributed by atoms with Crippen LogP contribution in [-0.4, -0.2) is 57.9 Å². The van der Waals surface area contributed by atoms with Crippen molar-refractivity contribution in [2.24, 2.45) is 0 Å². The molecule has 9 heteroatoms. The van der Waals surface area contributed by atoms with Gasteiger partial charge in [0.25, 0.3) is 5.91 Å². The van der Waals surface area contributed by atoms with Crippen molar-refractivity contribution >= 4 is 39.1 Å². The number of thiazole rings is 1. The molecule has 3 aromatic heterocycles. The maximum atomic E-state index is 13.4. The molecule has 2 aromatic carbocycles. The minimum absolute atomic E-state index is 0.275. The van der Waals surface area contributed by atoms with E-state index in [1.165, 1.54) is 11.3 Å². The second kappa shape index (κ2) is 10.6. The number of pyridine rings is 1. The summed E-state index contributed by atoms with van der Waals surface area (Å²) in [6.45, 7) is 1.52. The Balaban J connectivity index is 1.46. The van der Waals surface area contributed by atoms with Gasteiger partial charge in [0.05, 0.1) is 5.69 Å². The van der Waals surface area contributed by atoms with Crippen molar-refractivity contribution in [3.8, 4) is 22.0 Å². The van der Waals surface area contributed by atoms with Crippen molar-refractivity contribution in [2.75, 3.05) is 37.8 Å². The summed E-state index contributed by atoms with van der Waals surface area (Å²) >= 11 is 1.49. The predicted molar refractivity (Wildman–Crippen MR) is 145 cm³/mol. The molecule has 1 amide bonds. The molecule has 36 heavy (non-hydrogen) atoms. The Morgan fingerprint density at radius 3 is 2.56 bits per heavy atom. The minimum Gasteiger partial charge on any atom is -0.369 e. The summed E-state index contributed by atoms with van der Waals surface area (Å²) in [5.74, 6) is 0.763. The number of rotatable bonds is 8. The number of fused-ring (bicyclic) bond motifs is 1. The Bertz CT molecular complexity index is 1470. The predicted octanol–water partition coefficient (Wildman–Crippen LogP) is 5.04. The molecule has 2 N–H and O–H groups in total. The third kappa shape index (κ3) is 5.37. The van der Waals surface area contributed by atoms with Crippen LogP contribution >= 0.6 is 11.3 Å². The molecule has 180 valence electrons. The highest BCUT2D eigenvalue weighted by Crippen LogP contribution is 2.33. The first-order valence-corrected chi connectivity index (χ1v) is 12.3. The number of carbonyl (C=O) groups is 1. The van der Waals surface area contributed by atoms with Crippen molar-refractivity contribution in [1.29, 1.82) is 0 Å². The third-order valence-electron chi connectivity index (χ3n) is 5.43. The quantitative estimate of drug-likeness (QED) is 0.311. The van der Waals surface area contributed by atoms with Gasteiger partial charge in [0.15, 0.2) is 5.82 Å². The number of nitrogens with one attached hydrogen (secondary N) is 2. The molecule has 0 aliphatic heterocycles. The van der Waals surface area contributed by atoms with Crippen molar-refractivity contribution < 1.29 is 4.79 Å². The van der Waals surface area contributed by atoms with Crippen LogP contribution in [-0.2, 0) is 0 Å². The normalized spacial score (nSPS) is 11.1. The summed E-state index contributed by atoms with van der Waals surface area (Å²) < 4.78 is 0. The van der Waals surface area contributed by atoms with Crippen LogP contribution < -0.4 is 10.6 Å². The fourth-order valence-corrected chi connectivity index (χ4v) is 4.57. The zero-order valence-corrected chi connectivity index (χ0v) is 20.8. The van der Waals surface area contributed by atoms with Crippen LogP contribution in [0.3, 0.4) is 0 Å². The fraction of sp³-hybridized carbons (Fsp3) is 0.148. The van der Waals surface area contributed by atoms with Gasteiger partial charge in [-0.15, -0.1) is 0 Å². The number of nitrogens with zero attached hydrogens (tertiary/aromatic N) is 5. The van der Waals surface area contributed by atoms with Gasteiger partial charge in [-0.25, -0.2) is 19.9 Å². The lowest BCUT2D eigenvalue weighted by Gasteiger charge is -2.13. The largest absolute Gasteiger partial charge is 0.369 e. The smallest absolute Gasteiger partial charge is 0.274 e. The Labute approximate surface area is 213 Å². The number of amides is 1. The number of hydrogen-bond acceptors (Lipinski definition) is 8. The van der Waals surface area contributed by atoms with E-state index in [-0.39, 0.29) is 11.6 Å². The fourth-order valence-electron chi connectivity index (χ4n) is 3.63. The molecule has 5 rings (SSSR count). The molecule has 0 saturated heterocycles. The van der Waals surface area contributed by atoms with Gasteiger partial charge in [-0.2, -0.15) is 0 Å². The summed E-state index contributed by atoms with van der Waals surface area (Å²) in [6.07, 6.45) is 1.75. The number of benzene rings is 2. The number of aromatic nitrogens is 4. The molecule has 8 nitrogen and oxygen atoms in total. The summed E-state index contributed by atoms with van der Waals surface area (Å²) in [4.78, 5) is 34.7. The Kier molecular flexibility index (Phi) is 6.92. The summed E-state index contributed by atoms with van der Waals surface area (Å²) in [5, 5.41) is 7.13. The van der Waals surface area contributed by atoms with Gasteiger partial charge < -0.3 is 15.5 Å². The van der Waals surface area contributed by atoms with E-state index < -0.39 is 0 Å². The van der Waals surface area contributed by atoms with Crippen LogP contribution in [0.5, 0.6) is 0 Å². The first-order valence-electron chi connectivity index (χ1n) is 11.5. The van der Waals surface area contributed by atoms with E-state index in [0.29, 0.717) is 23.9 Å². The monoisotopic (exact) mass is 495 g/mol. The minimum atomic E-state index is -0.322. The topological polar surface area (TPSA) is 95.9 Å². The van der Waals surface area contributed by atoms with Crippen molar-refractivity contribution in [3.63, 3.8) is 0 Å². The first kappa shape index (κ1) is 23.5. The van der Waals surface area contributed by atoms with Crippen LogP contribution in [0, 0.1) is 0 Å². The SMILES string of the molecule is CN(C)CCNc1cc(C(=O)Nc2ccccc2-c2nc3cccnc3s2)nc(-c2ccccc2)n1. The van der Waals surface area contributed by atoms with Crippen molar-refractivity contribution in [3.05, 3.63) is 84.7 Å². The van der Waals surface area contributed by atoms with Gasteiger partial charge >= 0.3 is 0 Å². The number of anilines is 2. The average Bonchev–Trinajstić information content (AvgIpc) is 3.33. The average molecular weight is 496 g/mol. The van der Waals surface area contributed by atoms with E-state index >= 15 is 0 Å². The van der Waals surface area contributed by atoms with Gasteiger partial charge in [-0.1, -0.05) is 53.8 Å². The molecule has 0 unspecified atom stereocenters. The maximum Gasteiger partial charge on any atom is 0.274 e. The molecular weight excluding hydrogens is 470 g/mol. The van der Waals surface area contributed by atoms with Crippen LogP contribution in [0.4, 0.5) is 11.5 Å². The molecule has 0 aliphatic carbocycles. The van der Waals surface area contributed by atoms with E-state index in [4.69, 9.17) is 4.98 Å². The van der Waals surface area contributed by atoms with E-state index in [9.17, 15) is 4.79 Å². The van der Waals surface area contributed by atoms with Gasteiger partial charge in [0.1, 0.15) is 26.9 Å². The molecule has 3 heterocycles. The van der Waals surface area contributed by atoms with E-state index in [0.717, 1.165) is 33.0 Å². The van der Waals surface area contributed by atoms with E-state index in [1.54, 1.807) is 12.3 Å². The lowest BCUT2D eigenvalue weighted by atomic mass is 10.1. The zero-order chi connectivity index (χ0) is 24.9. The Hall–Kier alpha value is -4.21. The van der Waals surface area contributed by atoms with Crippen molar-refractivity contribution in [2.45, 2.75) is 0 Å². The van der Waals surface area contributed by atoms with Crippen LogP contribution in [0.25, 0.3) is 32.3 Å². The molecule has 0 atom stereocenters. The van der Waals surface area contributed by atoms with Gasteiger partial charge in [0.2, 0.25) is 0 Å². The highest BCUT2D eigenvalue weighted by atomic mass is 32.1. The molecular formula is C27H25N7OS. The molecule has 5 aromatic rings. The molecule has 0 saturated carbocycles. The van der Waals surface area contributed by atoms with Crippen molar-refractivity contribution in [1.82, 2.24) is 24.8 Å². The third-order valence-corrected chi connectivity index (χ3v) is 6.44. The second-order valence-corrected chi connectivity index (χ2v) is 9.38. The first-order chi connectivity index (χ1) is 17.6. The summed E-state index contributed by atoms with van der Waals surface area (Å²) in [6, 6.07) is 22.7. The lowest BCUT2D eigenvalue weighted by molar-refractivity contribution is 0.102. The standard InChI is InChI=1S/C27H25N7OS/c1-34(2)16-15-28-23-17-22(30-24(33-23)18-9-4-3-5-10-18)25(35)31-20-12-7-6-11-19(20)26-32-21-13-8-14-29-27(21)36-26/h3-14,17H,15-16H2,1-2H3,(H,31,35)(H,28,30,33). The number of hydrogen-bond donors (Lipinski definition) is 2. The molecule has 0 fully saturated rings.